The fourth-order valence-corrected chi connectivity index (χ4v) is 6.16. The molecule has 0 bridgehead atoms. The number of aromatic nitrogens is 1. The lowest BCUT2D eigenvalue weighted by Crippen LogP contribution is -2.56. The zero-order chi connectivity index (χ0) is 31.2. The monoisotopic (exact) mass is 616 g/mol. The highest BCUT2D eigenvalue weighted by atomic mass is 35.5. The first-order chi connectivity index (χ1) is 21.2. The number of carbonyl (C=O) groups excluding carboxylic acids is 3. The molecule has 11 heteroatoms. The smallest absolute Gasteiger partial charge is 0.237 e. The number of hydrogen-bond donors (Lipinski definition) is 1. The lowest BCUT2D eigenvalue weighted by Gasteiger charge is -2.35. The second-order valence-electron chi connectivity index (χ2n) is 10.6. The summed E-state index contributed by atoms with van der Waals surface area (Å²) in [6.07, 6.45) is 1.64. The molecule has 4 aromatic rings. The van der Waals surface area contributed by atoms with Crippen molar-refractivity contribution in [3.63, 3.8) is 0 Å². The van der Waals surface area contributed by atoms with E-state index < -0.39 is 23.1 Å². The molecule has 1 aliphatic heterocycles. The highest BCUT2D eigenvalue weighted by Crippen LogP contribution is 2.54. The van der Waals surface area contributed by atoms with Crippen molar-refractivity contribution in [3.05, 3.63) is 87.9 Å². The highest BCUT2D eigenvalue weighted by molar-refractivity contribution is 6.36. The van der Waals surface area contributed by atoms with Crippen molar-refractivity contribution in [2.75, 3.05) is 21.3 Å². The number of ketones is 2. The van der Waals surface area contributed by atoms with Gasteiger partial charge >= 0.3 is 0 Å². The van der Waals surface area contributed by atoms with Crippen LogP contribution in [0.15, 0.2) is 59.1 Å². The number of nitrogens with zero attached hydrogens (tertiary/aromatic N) is 1. The molecule has 2 unspecified atom stereocenters. The molecule has 2 aliphatic rings. The average molecular weight is 617 g/mol. The topological polar surface area (TPSA) is 126 Å². The highest BCUT2D eigenvalue weighted by Gasteiger charge is 2.63. The first-order valence-electron chi connectivity index (χ1n) is 13.9. The van der Waals surface area contributed by atoms with Crippen molar-refractivity contribution in [1.29, 1.82) is 0 Å². The quantitative estimate of drug-likeness (QED) is 0.264. The summed E-state index contributed by atoms with van der Waals surface area (Å²) < 4.78 is 28.8. The number of ether oxygens (including phenoxy) is 4. The lowest BCUT2D eigenvalue weighted by molar-refractivity contribution is -0.120. The molecule has 1 amide bonds. The molecular weight excluding hydrogens is 588 g/mol. The van der Waals surface area contributed by atoms with E-state index >= 15 is 0 Å². The Bertz CT molecular complexity index is 1780. The van der Waals surface area contributed by atoms with E-state index in [0.717, 1.165) is 0 Å². The van der Waals surface area contributed by atoms with Crippen molar-refractivity contribution in [1.82, 2.24) is 10.3 Å². The Kier molecular flexibility index (Phi) is 7.54. The van der Waals surface area contributed by atoms with Crippen LogP contribution in [0.4, 0.5) is 0 Å². The summed E-state index contributed by atoms with van der Waals surface area (Å²) in [4.78, 5) is 46.4. The molecule has 0 fully saturated rings. The molecule has 2 aromatic carbocycles. The zero-order valence-electron chi connectivity index (χ0n) is 24.5. The summed E-state index contributed by atoms with van der Waals surface area (Å²) in [6.45, 7) is 1.95. The van der Waals surface area contributed by atoms with E-state index in [1.807, 2.05) is 6.07 Å². The molecule has 1 aliphatic carbocycles. The van der Waals surface area contributed by atoms with Crippen LogP contribution in [0.2, 0.25) is 5.02 Å². The van der Waals surface area contributed by atoms with Crippen LogP contribution in [0.25, 0.3) is 11.3 Å². The van der Waals surface area contributed by atoms with Crippen LogP contribution >= 0.6 is 11.6 Å². The molecule has 1 N–H and O–H groups in total. The number of rotatable bonds is 8. The summed E-state index contributed by atoms with van der Waals surface area (Å²) >= 11 is 6.59. The fraction of sp³-hybridized carbons (Fsp3) is 0.273. The second kappa shape index (κ2) is 11.3. The van der Waals surface area contributed by atoms with Crippen LogP contribution in [-0.4, -0.2) is 49.4 Å². The Morgan fingerprint density at radius 2 is 1.75 bits per heavy atom. The number of hydrogen-bond acceptors (Lipinski definition) is 9. The van der Waals surface area contributed by atoms with E-state index in [1.165, 1.54) is 20.3 Å². The first-order valence-corrected chi connectivity index (χ1v) is 14.3. The van der Waals surface area contributed by atoms with Crippen molar-refractivity contribution in [2.45, 2.75) is 31.9 Å². The van der Waals surface area contributed by atoms with Gasteiger partial charge in [-0.3, -0.25) is 19.4 Å². The van der Waals surface area contributed by atoms with E-state index in [1.54, 1.807) is 56.6 Å². The van der Waals surface area contributed by atoms with Gasteiger partial charge in [0.1, 0.15) is 39.4 Å². The van der Waals surface area contributed by atoms with Crippen molar-refractivity contribution < 1.29 is 37.7 Å². The SMILES string of the molecule is COc1ccc(-c2oc3c(c2CC(=O)NCc2ccccn2)C(=O)C2(Oc4c(Cl)c(OC)cc(OC)c4C2=O)C(C)C3)cc1. The molecule has 44 heavy (non-hydrogen) atoms. The number of carbonyl (C=O) groups is 3. The maximum absolute atomic E-state index is 14.6. The third kappa shape index (κ3) is 4.57. The molecule has 3 heterocycles. The molecule has 6 rings (SSSR count). The first kappa shape index (κ1) is 29.3. The molecule has 0 saturated heterocycles. The van der Waals surface area contributed by atoms with Crippen LogP contribution in [-0.2, 0) is 24.2 Å². The summed E-state index contributed by atoms with van der Waals surface area (Å²) in [5.41, 5.74) is -0.0702. The number of pyridine rings is 1. The molecule has 0 radical (unpaired) electrons. The molecule has 0 saturated carbocycles. The van der Waals surface area contributed by atoms with Crippen LogP contribution in [0.5, 0.6) is 23.0 Å². The largest absolute Gasteiger partial charge is 0.497 e. The van der Waals surface area contributed by atoms with Crippen LogP contribution < -0.4 is 24.3 Å². The molecule has 226 valence electrons. The maximum Gasteiger partial charge on any atom is 0.237 e. The van der Waals surface area contributed by atoms with Gasteiger partial charge in [-0.05, 0) is 36.4 Å². The van der Waals surface area contributed by atoms with Gasteiger partial charge in [0.15, 0.2) is 5.75 Å². The van der Waals surface area contributed by atoms with E-state index in [4.69, 9.17) is 35.0 Å². The maximum atomic E-state index is 14.6. The van der Waals surface area contributed by atoms with Gasteiger partial charge in [0.05, 0.1) is 45.6 Å². The lowest BCUT2D eigenvalue weighted by atomic mass is 9.70. The predicted molar refractivity (Wildman–Crippen MR) is 160 cm³/mol. The second-order valence-corrected chi connectivity index (χ2v) is 11.0. The van der Waals surface area contributed by atoms with Gasteiger partial charge in [0.2, 0.25) is 23.1 Å². The number of fused-ring (bicyclic) bond motifs is 2. The standard InChI is InChI=1S/C33H29ClN2O8/c1-17-13-23-26(31(38)33(17)32(39)27-22(41-3)15-24(42-4)28(34)30(27)44-33)21(14-25(37)36-16-19-7-5-6-12-35-19)29(43-23)18-8-10-20(40-2)11-9-18/h5-12,15,17H,13-14,16H2,1-4H3,(H,36,37). The van der Waals surface area contributed by atoms with Crippen LogP contribution in [0, 0.1) is 5.92 Å². The van der Waals surface area contributed by atoms with Gasteiger partial charge in [-0.25, -0.2) is 0 Å². The van der Waals surface area contributed by atoms with Gasteiger partial charge < -0.3 is 28.7 Å². The summed E-state index contributed by atoms with van der Waals surface area (Å²) in [5, 5.41) is 2.92. The minimum Gasteiger partial charge on any atom is -0.497 e. The number of amides is 1. The Morgan fingerprint density at radius 3 is 2.41 bits per heavy atom. The van der Waals surface area contributed by atoms with Gasteiger partial charge in [-0.2, -0.15) is 0 Å². The van der Waals surface area contributed by atoms with E-state index in [-0.39, 0.29) is 58.7 Å². The molecular formula is C33H29ClN2O8. The Morgan fingerprint density at radius 1 is 1.02 bits per heavy atom. The van der Waals surface area contributed by atoms with E-state index in [9.17, 15) is 14.4 Å². The third-order valence-corrected chi connectivity index (χ3v) is 8.49. The summed E-state index contributed by atoms with van der Waals surface area (Å²) in [5.74, 6) is -0.403. The minimum atomic E-state index is -1.95. The fourth-order valence-electron chi connectivity index (χ4n) is 5.89. The number of Topliss-reactive ketones (excluding diaryl/α,β-unsaturated/α-hetero) is 2. The zero-order valence-corrected chi connectivity index (χ0v) is 25.2. The normalized spacial score (nSPS) is 18.4. The van der Waals surface area contributed by atoms with Crippen LogP contribution in [0.1, 0.15) is 44.7 Å². The van der Waals surface area contributed by atoms with Gasteiger partial charge in [0, 0.05) is 35.7 Å². The van der Waals surface area contributed by atoms with Crippen LogP contribution in [0.3, 0.4) is 0 Å². The van der Waals surface area contributed by atoms with Crippen molar-refractivity contribution in [3.8, 4) is 34.3 Å². The average Bonchev–Trinajstić information content (AvgIpc) is 3.56. The minimum absolute atomic E-state index is 0.0186. The number of halogens is 1. The van der Waals surface area contributed by atoms with Gasteiger partial charge in [0.25, 0.3) is 0 Å². The predicted octanol–water partition coefficient (Wildman–Crippen LogP) is 5.27. The molecule has 1 spiro atoms. The number of furan rings is 1. The summed E-state index contributed by atoms with van der Waals surface area (Å²) in [6, 6.07) is 14.0. The number of nitrogens with one attached hydrogen (secondary N) is 1. The van der Waals surface area contributed by atoms with Crippen molar-refractivity contribution in [2.24, 2.45) is 5.92 Å². The van der Waals surface area contributed by atoms with Crippen molar-refractivity contribution >= 4 is 29.1 Å². The third-order valence-electron chi connectivity index (χ3n) is 8.13. The Labute approximate surface area is 258 Å². The van der Waals surface area contributed by atoms with E-state index in [2.05, 4.69) is 10.3 Å². The van der Waals surface area contributed by atoms with E-state index in [0.29, 0.717) is 34.1 Å². The van der Waals surface area contributed by atoms with Gasteiger partial charge in [-0.15, -0.1) is 0 Å². The number of benzene rings is 2. The van der Waals surface area contributed by atoms with Gasteiger partial charge in [-0.1, -0.05) is 24.6 Å². The Balaban J connectivity index is 1.44. The Hall–Kier alpha value is -4.83. The molecule has 2 atom stereocenters. The molecule has 10 nitrogen and oxygen atoms in total. The number of methoxy groups -OCH3 is 3. The molecule has 2 aromatic heterocycles. The summed E-state index contributed by atoms with van der Waals surface area (Å²) in [7, 11) is 4.40.